The molecule has 4 rings (SSSR count). The van der Waals surface area contributed by atoms with E-state index in [1.165, 1.54) is 10.4 Å². The Bertz CT molecular complexity index is 707. The summed E-state index contributed by atoms with van der Waals surface area (Å²) in [7, 11) is 0. The minimum Gasteiger partial charge on any atom is -0.312 e. The largest absolute Gasteiger partial charge is 0.312 e. The molecule has 1 fully saturated rings. The summed E-state index contributed by atoms with van der Waals surface area (Å²) < 4.78 is 0. The molecule has 0 unspecified atom stereocenters. The first-order valence-corrected chi connectivity index (χ1v) is 10.0. The Kier molecular flexibility index (Phi) is 5.15. The molecule has 1 saturated heterocycles. The third-order valence-corrected chi connectivity index (χ3v) is 6.12. The van der Waals surface area contributed by atoms with Gasteiger partial charge in [-0.25, -0.2) is 0 Å². The number of hydrogen-bond acceptors (Lipinski definition) is 4. The van der Waals surface area contributed by atoms with Crippen molar-refractivity contribution in [1.82, 2.24) is 9.80 Å². The fourth-order valence-electron chi connectivity index (χ4n) is 3.78. The lowest BCUT2D eigenvalue weighted by Crippen LogP contribution is -2.46. The third-order valence-electron chi connectivity index (χ3n) is 5.25. The van der Waals surface area contributed by atoms with Crippen LogP contribution in [0.2, 0.25) is 0 Å². The lowest BCUT2D eigenvalue weighted by atomic mass is 10.2. The van der Waals surface area contributed by atoms with Crippen molar-refractivity contribution < 1.29 is 4.79 Å². The summed E-state index contributed by atoms with van der Waals surface area (Å²) in [5, 5.41) is 2.15. The molecule has 4 nitrogen and oxygen atoms in total. The third kappa shape index (κ3) is 3.94. The zero-order valence-corrected chi connectivity index (χ0v) is 15.4. The van der Waals surface area contributed by atoms with Gasteiger partial charge in [-0.3, -0.25) is 9.69 Å². The predicted octanol–water partition coefficient (Wildman–Crippen LogP) is 2.85. The molecule has 5 heteroatoms. The van der Waals surface area contributed by atoms with Crippen LogP contribution in [0, 0.1) is 0 Å². The number of para-hydroxylation sites is 1. The molecule has 1 aromatic carbocycles. The van der Waals surface area contributed by atoms with Crippen LogP contribution in [0.3, 0.4) is 0 Å². The summed E-state index contributed by atoms with van der Waals surface area (Å²) in [5.41, 5.74) is 2.42. The highest BCUT2D eigenvalue weighted by atomic mass is 32.1. The van der Waals surface area contributed by atoms with Gasteiger partial charge in [-0.2, -0.15) is 0 Å². The lowest BCUT2D eigenvalue weighted by molar-refractivity contribution is -0.118. The highest BCUT2D eigenvalue weighted by Crippen LogP contribution is 2.27. The van der Waals surface area contributed by atoms with E-state index >= 15 is 0 Å². The van der Waals surface area contributed by atoms with E-state index < -0.39 is 0 Å². The molecule has 0 bridgehead atoms. The van der Waals surface area contributed by atoms with E-state index in [1.54, 1.807) is 0 Å². The van der Waals surface area contributed by atoms with Crippen molar-refractivity contribution in [3.05, 3.63) is 52.2 Å². The number of amides is 1. The minimum absolute atomic E-state index is 0.269. The molecule has 2 aliphatic heterocycles. The van der Waals surface area contributed by atoms with Crippen LogP contribution in [0.1, 0.15) is 16.9 Å². The van der Waals surface area contributed by atoms with Gasteiger partial charge in [-0.05, 0) is 29.5 Å². The number of piperazine rings is 1. The van der Waals surface area contributed by atoms with Crippen molar-refractivity contribution in [2.75, 3.05) is 44.2 Å². The highest BCUT2D eigenvalue weighted by Gasteiger charge is 2.25. The van der Waals surface area contributed by atoms with Gasteiger partial charge in [0.2, 0.25) is 5.91 Å². The van der Waals surface area contributed by atoms with Crippen LogP contribution in [0.25, 0.3) is 0 Å². The maximum Gasteiger partial charge on any atom is 0.228 e. The van der Waals surface area contributed by atoms with E-state index in [4.69, 9.17) is 0 Å². The Morgan fingerprint density at radius 2 is 1.76 bits per heavy atom. The zero-order chi connectivity index (χ0) is 17.1. The van der Waals surface area contributed by atoms with Crippen molar-refractivity contribution in [2.45, 2.75) is 19.4 Å². The van der Waals surface area contributed by atoms with Crippen LogP contribution in [0.5, 0.6) is 0 Å². The summed E-state index contributed by atoms with van der Waals surface area (Å²) in [6, 6.07) is 12.6. The molecule has 1 aromatic heterocycles. The summed E-state index contributed by atoms with van der Waals surface area (Å²) >= 11 is 1.83. The highest BCUT2D eigenvalue weighted by molar-refractivity contribution is 7.09. The summed E-state index contributed by atoms with van der Waals surface area (Å²) in [5.74, 6) is 0.269. The number of anilines is 1. The molecule has 0 aliphatic carbocycles. The van der Waals surface area contributed by atoms with Crippen LogP contribution < -0.4 is 4.90 Å². The van der Waals surface area contributed by atoms with E-state index in [0.29, 0.717) is 6.42 Å². The second kappa shape index (κ2) is 7.68. The normalized spacial score (nSPS) is 18.5. The Morgan fingerprint density at radius 1 is 0.960 bits per heavy atom. The number of thiophene rings is 1. The maximum atomic E-state index is 12.6. The molecule has 2 aromatic rings. The molecular formula is C20H25N3OS. The second-order valence-electron chi connectivity index (χ2n) is 6.87. The smallest absolute Gasteiger partial charge is 0.228 e. The monoisotopic (exact) mass is 355 g/mol. The van der Waals surface area contributed by atoms with Gasteiger partial charge in [0.1, 0.15) is 0 Å². The zero-order valence-electron chi connectivity index (χ0n) is 14.6. The maximum absolute atomic E-state index is 12.6. The van der Waals surface area contributed by atoms with Gasteiger partial charge in [0.05, 0.1) is 0 Å². The summed E-state index contributed by atoms with van der Waals surface area (Å²) in [6.07, 6.45) is 1.61. The van der Waals surface area contributed by atoms with Gasteiger partial charge in [0, 0.05) is 62.8 Å². The molecular weight excluding hydrogens is 330 g/mol. The lowest BCUT2D eigenvalue weighted by Gasteiger charge is -2.34. The van der Waals surface area contributed by atoms with Gasteiger partial charge in [0.25, 0.3) is 0 Å². The van der Waals surface area contributed by atoms with Crippen LogP contribution in [0.4, 0.5) is 5.69 Å². The number of carbonyl (C=O) groups excluding carboxylic acids is 1. The first-order valence-electron chi connectivity index (χ1n) is 9.15. The van der Waals surface area contributed by atoms with E-state index in [-0.39, 0.29) is 5.91 Å². The summed E-state index contributed by atoms with van der Waals surface area (Å²) in [6.45, 7) is 7.11. The molecule has 3 heterocycles. The van der Waals surface area contributed by atoms with Crippen LogP contribution in [0.15, 0.2) is 41.8 Å². The minimum atomic E-state index is 0.269. The average molecular weight is 356 g/mol. The Balaban J connectivity index is 1.23. The summed E-state index contributed by atoms with van der Waals surface area (Å²) in [4.78, 5) is 21.0. The Morgan fingerprint density at radius 3 is 2.56 bits per heavy atom. The van der Waals surface area contributed by atoms with Crippen molar-refractivity contribution in [3.63, 3.8) is 0 Å². The molecule has 0 saturated carbocycles. The second-order valence-corrected chi connectivity index (χ2v) is 7.90. The SMILES string of the molecule is O=C(CCN1CCN(Cc2cccs2)CC1)N1CCc2ccccc21. The van der Waals surface area contributed by atoms with Crippen molar-refractivity contribution in [2.24, 2.45) is 0 Å². The van der Waals surface area contributed by atoms with Gasteiger partial charge < -0.3 is 9.80 Å². The van der Waals surface area contributed by atoms with Crippen LogP contribution in [-0.2, 0) is 17.8 Å². The number of hydrogen-bond donors (Lipinski definition) is 0. The topological polar surface area (TPSA) is 26.8 Å². The Labute approximate surface area is 153 Å². The standard InChI is InChI=1S/C20H25N3OS/c24-20(23-10-7-17-4-1-2-6-19(17)23)8-9-21-11-13-22(14-12-21)16-18-5-3-15-25-18/h1-6,15H,7-14,16H2. The van der Waals surface area contributed by atoms with E-state index in [0.717, 1.165) is 57.9 Å². The molecule has 0 radical (unpaired) electrons. The first-order chi connectivity index (χ1) is 12.3. The molecule has 25 heavy (non-hydrogen) atoms. The van der Waals surface area contributed by atoms with E-state index in [9.17, 15) is 4.79 Å². The van der Waals surface area contributed by atoms with Gasteiger partial charge in [-0.1, -0.05) is 24.3 Å². The molecule has 0 atom stereocenters. The fourth-order valence-corrected chi connectivity index (χ4v) is 4.53. The van der Waals surface area contributed by atoms with Crippen molar-refractivity contribution in [3.8, 4) is 0 Å². The quantitative estimate of drug-likeness (QED) is 0.825. The molecule has 0 N–H and O–H groups in total. The molecule has 0 spiro atoms. The van der Waals surface area contributed by atoms with Gasteiger partial charge in [-0.15, -0.1) is 11.3 Å². The number of fused-ring (bicyclic) bond motifs is 1. The van der Waals surface area contributed by atoms with Gasteiger partial charge in [0.15, 0.2) is 0 Å². The first kappa shape index (κ1) is 16.8. The van der Waals surface area contributed by atoms with Crippen molar-refractivity contribution >= 4 is 22.9 Å². The molecule has 2 aliphatic rings. The van der Waals surface area contributed by atoms with Crippen LogP contribution in [-0.4, -0.2) is 55.0 Å². The van der Waals surface area contributed by atoms with Crippen molar-refractivity contribution in [1.29, 1.82) is 0 Å². The van der Waals surface area contributed by atoms with Crippen LogP contribution >= 0.6 is 11.3 Å². The van der Waals surface area contributed by atoms with E-state index in [2.05, 4.69) is 45.5 Å². The predicted molar refractivity (Wildman–Crippen MR) is 103 cm³/mol. The Hall–Kier alpha value is -1.69. The molecule has 132 valence electrons. The fraction of sp³-hybridized carbons (Fsp3) is 0.450. The number of benzene rings is 1. The number of rotatable bonds is 5. The number of carbonyl (C=O) groups is 1. The number of nitrogens with zero attached hydrogens (tertiary/aromatic N) is 3. The van der Waals surface area contributed by atoms with Gasteiger partial charge >= 0.3 is 0 Å². The van der Waals surface area contributed by atoms with E-state index in [1.807, 2.05) is 22.3 Å². The average Bonchev–Trinajstić information content (AvgIpc) is 3.30. The molecule has 1 amide bonds.